The zero-order chi connectivity index (χ0) is 18.4. The Morgan fingerprint density at radius 2 is 1.92 bits per heavy atom. The van der Waals surface area contributed by atoms with Gasteiger partial charge in [-0.05, 0) is 31.2 Å². The maximum Gasteiger partial charge on any atom is 0.417 e. The summed E-state index contributed by atoms with van der Waals surface area (Å²) in [7, 11) is 0. The van der Waals surface area contributed by atoms with Gasteiger partial charge in [0, 0.05) is 22.5 Å². The van der Waals surface area contributed by atoms with Gasteiger partial charge in [0.25, 0.3) is 5.91 Å². The van der Waals surface area contributed by atoms with Crippen molar-refractivity contribution in [2.75, 3.05) is 5.32 Å². The fraction of sp³-hybridized carbons (Fsp3) is 0.105. The van der Waals surface area contributed by atoms with Crippen LogP contribution in [0.25, 0.3) is 16.8 Å². The summed E-state index contributed by atoms with van der Waals surface area (Å²) in [6.07, 6.45) is 0. The van der Waals surface area contributed by atoms with Gasteiger partial charge < -0.3 is 9.73 Å². The maximum absolute atomic E-state index is 12.6. The van der Waals surface area contributed by atoms with E-state index in [1.807, 2.05) is 12.1 Å². The smallest absolute Gasteiger partial charge is 0.408 e. The van der Waals surface area contributed by atoms with Gasteiger partial charge in [0.2, 0.25) is 5.91 Å². The van der Waals surface area contributed by atoms with Crippen LogP contribution in [-0.2, 0) is 4.79 Å². The SMILES string of the molecule is C=C1c2ccccc2C(=O)N1[C@H](C)C(=O)Nc1ccc2oc(=O)[nH]c2c1. The Morgan fingerprint density at radius 3 is 2.65 bits per heavy atom. The molecule has 0 bridgehead atoms. The minimum absolute atomic E-state index is 0.247. The largest absolute Gasteiger partial charge is 0.417 e. The van der Waals surface area contributed by atoms with Gasteiger partial charge in [-0.3, -0.25) is 19.5 Å². The molecule has 1 aromatic heterocycles. The number of nitrogens with zero attached hydrogens (tertiary/aromatic N) is 1. The van der Waals surface area contributed by atoms with E-state index in [0.717, 1.165) is 5.56 Å². The average Bonchev–Trinajstić information content (AvgIpc) is 3.11. The van der Waals surface area contributed by atoms with Crippen LogP contribution in [0.15, 0.2) is 58.3 Å². The van der Waals surface area contributed by atoms with Crippen molar-refractivity contribution in [3.05, 3.63) is 70.7 Å². The fourth-order valence-electron chi connectivity index (χ4n) is 3.11. The van der Waals surface area contributed by atoms with E-state index in [1.54, 1.807) is 37.3 Å². The number of oxazole rings is 1. The molecule has 0 unspecified atom stereocenters. The first kappa shape index (κ1) is 15.9. The molecule has 26 heavy (non-hydrogen) atoms. The number of hydrogen-bond acceptors (Lipinski definition) is 4. The minimum atomic E-state index is -0.749. The van der Waals surface area contributed by atoms with Crippen molar-refractivity contribution >= 4 is 34.3 Å². The number of amides is 2. The second-order valence-electron chi connectivity index (χ2n) is 6.06. The lowest BCUT2D eigenvalue weighted by atomic mass is 10.1. The number of H-pyrrole nitrogens is 1. The number of anilines is 1. The average molecular weight is 349 g/mol. The third-order valence-corrected chi connectivity index (χ3v) is 4.43. The molecular formula is C19H15N3O4. The number of aromatic amines is 1. The molecule has 0 fully saturated rings. The lowest BCUT2D eigenvalue weighted by molar-refractivity contribution is -0.119. The monoisotopic (exact) mass is 349 g/mol. The summed E-state index contributed by atoms with van der Waals surface area (Å²) >= 11 is 0. The zero-order valence-electron chi connectivity index (χ0n) is 13.9. The van der Waals surface area contributed by atoms with Gasteiger partial charge in [0.05, 0.1) is 5.52 Å². The highest BCUT2D eigenvalue weighted by atomic mass is 16.4. The third kappa shape index (κ3) is 2.41. The molecular weight excluding hydrogens is 334 g/mol. The molecule has 2 heterocycles. The van der Waals surface area contributed by atoms with Crippen molar-refractivity contribution in [3.8, 4) is 0 Å². The van der Waals surface area contributed by atoms with Crippen LogP contribution in [-0.4, -0.2) is 27.7 Å². The third-order valence-electron chi connectivity index (χ3n) is 4.43. The standard InChI is InChI=1S/C19H15N3O4/c1-10-13-5-3-4-6-14(13)18(24)22(10)11(2)17(23)20-12-7-8-16-15(9-12)21-19(25)26-16/h3-9,11H,1H2,2H3,(H,20,23)(H,21,25)/t11-/m1/s1. The topological polar surface area (TPSA) is 95.4 Å². The summed E-state index contributed by atoms with van der Waals surface area (Å²) in [6, 6.07) is 11.2. The number of carbonyl (C=O) groups excluding carboxylic acids is 2. The van der Waals surface area contributed by atoms with Crippen molar-refractivity contribution in [1.29, 1.82) is 0 Å². The minimum Gasteiger partial charge on any atom is -0.408 e. The zero-order valence-corrected chi connectivity index (χ0v) is 13.9. The number of fused-ring (bicyclic) bond motifs is 2. The predicted molar refractivity (Wildman–Crippen MR) is 96.6 cm³/mol. The van der Waals surface area contributed by atoms with Crippen LogP contribution in [0, 0.1) is 0 Å². The van der Waals surface area contributed by atoms with Gasteiger partial charge in [-0.2, -0.15) is 0 Å². The Bertz CT molecular complexity index is 1090. The van der Waals surface area contributed by atoms with Crippen molar-refractivity contribution in [3.63, 3.8) is 0 Å². The number of benzene rings is 2. The number of aromatic nitrogens is 1. The first-order chi connectivity index (χ1) is 12.5. The summed E-state index contributed by atoms with van der Waals surface area (Å²) in [4.78, 5) is 40.4. The van der Waals surface area contributed by atoms with Gasteiger partial charge in [-0.25, -0.2) is 4.79 Å². The molecule has 0 saturated heterocycles. The van der Waals surface area contributed by atoms with Crippen LogP contribution in [0.1, 0.15) is 22.8 Å². The fourth-order valence-corrected chi connectivity index (χ4v) is 3.11. The van der Waals surface area contributed by atoms with Crippen molar-refractivity contribution < 1.29 is 14.0 Å². The van der Waals surface area contributed by atoms with Crippen molar-refractivity contribution in [2.24, 2.45) is 0 Å². The molecule has 7 heteroatoms. The van der Waals surface area contributed by atoms with Crippen LogP contribution in [0.5, 0.6) is 0 Å². The highest BCUT2D eigenvalue weighted by Gasteiger charge is 2.36. The number of rotatable bonds is 3. The molecule has 1 aliphatic rings. The van der Waals surface area contributed by atoms with E-state index < -0.39 is 11.8 Å². The summed E-state index contributed by atoms with van der Waals surface area (Å²) in [5.41, 5.74) is 3.14. The summed E-state index contributed by atoms with van der Waals surface area (Å²) in [6.45, 7) is 5.60. The molecule has 1 aliphatic heterocycles. The summed E-state index contributed by atoms with van der Waals surface area (Å²) in [5, 5.41) is 2.75. The van der Waals surface area contributed by atoms with E-state index in [4.69, 9.17) is 4.42 Å². The number of hydrogen-bond donors (Lipinski definition) is 2. The van der Waals surface area contributed by atoms with Crippen molar-refractivity contribution in [2.45, 2.75) is 13.0 Å². The van der Waals surface area contributed by atoms with E-state index in [0.29, 0.717) is 28.0 Å². The Hall–Kier alpha value is -3.61. The lowest BCUT2D eigenvalue weighted by Gasteiger charge is -2.24. The molecule has 0 aliphatic carbocycles. The first-order valence-electron chi connectivity index (χ1n) is 8.01. The highest BCUT2D eigenvalue weighted by Crippen LogP contribution is 2.33. The molecule has 0 radical (unpaired) electrons. The molecule has 4 rings (SSSR count). The van der Waals surface area contributed by atoms with E-state index in [-0.39, 0.29) is 11.8 Å². The molecule has 7 nitrogen and oxygen atoms in total. The van der Waals surface area contributed by atoms with E-state index in [1.165, 1.54) is 4.90 Å². The Morgan fingerprint density at radius 1 is 1.19 bits per heavy atom. The van der Waals surface area contributed by atoms with E-state index >= 15 is 0 Å². The van der Waals surface area contributed by atoms with Gasteiger partial charge in [-0.1, -0.05) is 24.8 Å². The van der Waals surface area contributed by atoms with E-state index in [9.17, 15) is 14.4 Å². The molecule has 0 spiro atoms. The number of carbonyl (C=O) groups is 2. The molecule has 2 amide bonds. The number of nitrogens with one attached hydrogen (secondary N) is 2. The molecule has 1 atom stereocenters. The summed E-state index contributed by atoms with van der Waals surface area (Å²) < 4.78 is 4.93. The van der Waals surface area contributed by atoms with Crippen LogP contribution >= 0.6 is 0 Å². The molecule has 130 valence electrons. The van der Waals surface area contributed by atoms with Gasteiger partial charge >= 0.3 is 5.76 Å². The van der Waals surface area contributed by atoms with Gasteiger partial charge in [-0.15, -0.1) is 0 Å². The quantitative estimate of drug-likeness (QED) is 0.760. The summed E-state index contributed by atoms with van der Waals surface area (Å²) in [5.74, 6) is -1.17. The van der Waals surface area contributed by atoms with Crippen LogP contribution in [0.4, 0.5) is 5.69 Å². The Labute approximate surface area is 147 Å². The predicted octanol–water partition coefficient (Wildman–Crippen LogP) is 2.57. The van der Waals surface area contributed by atoms with Gasteiger partial charge in [0.15, 0.2) is 5.58 Å². The first-order valence-corrected chi connectivity index (χ1v) is 8.01. The molecule has 2 aromatic carbocycles. The highest BCUT2D eigenvalue weighted by molar-refractivity contribution is 6.12. The normalized spacial score (nSPS) is 14.6. The molecule has 3 aromatic rings. The Kier molecular flexibility index (Phi) is 3.50. The molecule has 0 saturated carbocycles. The van der Waals surface area contributed by atoms with Crippen LogP contribution in [0.3, 0.4) is 0 Å². The Balaban J connectivity index is 1.57. The lowest BCUT2D eigenvalue weighted by Crippen LogP contribution is -2.41. The van der Waals surface area contributed by atoms with Crippen LogP contribution < -0.4 is 11.1 Å². The second kappa shape index (κ2) is 5.73. The van der Waals surface area contributed by atoms with Crippen molar-refractivity contribution in [1.82, 2.24) is 9.88 Å². The van der Waals surface area contributed by atoms with Crippen LogP contribution in [0.2, 0.25) is 0 Å². The molecule has 2 N–H and O–H groups in total. The maximum atomic E-state index is 12.6. The van der Waals surface area contributed by atoms with Gasteiger partial charge in [0.1, 0.15) is 6.04 Å². The van der Waals surface area contributed by atoms with E-state index in [2.05, 4.69) is 16.9 Å². The second-order valence-corrected chi connectivity index (χ2v) is 6.06.